The van der Waals surface area contributed by atoms with E-state index in [1.54, 1.807) is 18.2 Å². The Morgan fingerprint density at radius 3 is 2.71 bits per heavy atom. The van der Waals surface area contributed by atoms with Crippen LogP contribution in [-0.4, -0.2) is 48.4 Å². The number of nitrogens with one attached hydrogen (secondary N) is 2. The minimum absolute atomic E-state index is 0.00910. The Bertz CT molecular complexity index is 812. The van der Waals surface area contributed by atoms with Crippen LogP contribution in [0.1, 0.15) is 24.9 Å². The van der Waals surface area contributed by atoms with E-state index in [1.807, 2.05) is 49.4 Å². The Morgan fingerprint density at radius 2 is 2.00 bits per heavy atom. The molecule has 0 radical (unpaired) electrons. The van der Waals surface area contributed by atoms with Crippen LogP contribution in [0.15, 0.2) is 48.7 Å². The van der Waals surface area contributed by atoms with Gasteiger partial charge in [-0.1, -0.05) is 24.3 Å². The summed E-state index contributed by atoms with van der Waals surface area (Å²) < 4.78 is 5.47. The van der Waals surface area contributed by atoms with Crippen molar-refractivity contribution in [2.75, 3.05) is 32.1 Å². The number of likely N-dealkylation sites (tertiary alicyclic amines) is 1. The topological polar surface area (TPSA) is 83.6 Å². The third-order valence-electron chi connectivity index (χ3n) is 4.96. The van der Waals surface area contributed by atoms with Crippen LogP contribution >= 0.6 is 0 Å². The Balaban J connectivity index is 1.68. The number of ether oxygens (including phenoxy) is 1. The van der Waals surface area contributed by atoms with Crippen molar-refractivity contribution in [2.24, 2.45) is 5.92 Å². The van der Waals surface area contributed by atoms with Crippen LogP contribution in [0.5, 0.6) is 5.75 Å². The van der Waals surface area contributed by atoms with Crippen LogP contribution in [0.4, 0.5) is 5.82 Å². The first-order valence-corrected chi connectivity index (χ1v) is 9.50. The van der Waals surface area contributed by atoms with Crippen molar-refractivity contribution >= 4 is 17.6 Å². The fourth-order valence-corrected chi connectivity index (χ4v) is 3.67. The van der Waals surface area contributed by atoms with Gasteiger partial charge in [0.15, 0.2) is 0 Å². The molecule has 2 amide bonds. The molecule has 0 spiro atoms. The Kier molecular flexibility index (Phi) is 6.47. The second-order valence-corrected chi connectivity index (χ2v) is 6.61. The van der Waals surface area contributed by atoms with Gasteiger partial charge in [-0.05, 0) is 25.1 Å². The van der Waals surface area contributed by atoms with E-state index in [-0.39, 0.29) is 24.3 Å². The predicted molar refractivity (Wildman–Crippen MR) is 107 cm³/mol. The highest BCUT2D eigenvalue weighted by molar-refractivity contribution is 5.90. The summed E-state index contributed by atoms with van der Waals surface area (Å²) in [6.07, 6.45) is 1.91. The van der Waals surface area contributed by atoms with E-state index < -0.39 is 5.92 Å². The number of hydrogen-bond donors (Lipinski definition) is 2. The molecule has 1 saturated heterocycles. The second kappa shape index (κ2) is 9.21. The monoisotopic (exact) mass is 382 g/mol. The van der Waals surface area contributed by atoms with Gasteiger partial charge in [0.05, 0.1) is 19.1 Å². The molecule has 1 fully saturated rings. The molecule has 2 heterocycles. The van der Waals surface area contributed by atoms with Gasteiger partial charge in [0, 0.05) is 37.8 Å². The average molecular weight is 382 g/mol. The third kappa shape index (κ3) is 4.24. The summed E-state index contributed by atoms with van der Waals surface area (Å²) in [5, 5.41) is 6.11. The SMILES string of the molecule is CCN1C(=O)C[C@@H](C(=O)NCCNc2ccccn2)[C@@H]1c1ccccc1OC. The molecule has 148 valence electrons. The lowest BCUT2D eigenvalue weighted by Crippen LogP contribution is -2.37. The zero-order chi connectivity index (χ0) is 19.9. The van der Waals surface area contributed by atoms with Crippen molar-refractivity contribution in [1.29, 1.82) is 0 Å². The van der Waals surface area contributed by atoms with Gasteiger partial charge in [-0.3, -0.25) is 9.59 Å². The van der Waals surface area contributed by atoms with E-state index in [0.717, 1.165) is 11.4 Å². The maximum Gasteiger partial charge on any atom is 0.226 e. The van der Waals surface area contributed by atoms with Gasteiger partial charge >= 0.3 is 0 Å². The number of carbonyl (C=O) groups excluding carboxylic acids is 2. The molecule has 7 heteroatoms. The molecule has 0 aliphatic carbocycles. The van der Waals surface area contributed by atoms with Gasteiger partial charge in [0.1, 0.15) is 11.6 Å². The van der Waals surface area contributed by atoms with Gasteiger partial charge in [-0.15, -0.1) is 0 Å². The van der Waals surface area contributed by atoms with Gasteiger partial charge in [-0.2, -0.15) is 0 Å². The van der Waals surface area contributed by atoms with Gasteiger partial charge in [0.25, 0.3) is 0 Å². The second-order valence-electron chi connectivity index (χ2n) is 6.61. The molecule has 0 bridgehead atoms. The molecule has 1 aliphatic heterocycles. The lowest BCUT2D eigenvalue weighted by Gasteiger charge is -2.28. The van der Waals surface area contributed by atoms with Crippen molar-refractivity contribution in [1.82, 2.24) is 15.2 Å². The van der Waals surface area contributed by atoms with Crippen molar-refractivity contribution in [2.45, 2.75) is 19.4 Å². The minimum Gasteiger partial charge on any atom is -0.496 e. The highest BCUT2D eigenvalue weighted by atomic mass is 16.5. The number of carbonyl (C=O) groups is 2. The molecule has 1 aromatic carbocycles. The van der Waals surface area contributed by atoms with E-state index >= 15 is 0 Å². The summed E-state index contributed by atoms with van der Waals surface area (Å²) in [7, 11) is 1.60. The molecule has 7 nitrogen and oxygen atoms in total. The average Bonchev–Trinajstić information content (AvgIpc) is 3.07. The van der Waals surface area contributed by atoms with Gasteiger partial charge < -0.3 is 20.3 Å². The lowest BCUT2D eigenvalue weighted by atomic mass is 9.92. The zero-order valence-electron chi connectivity index (χ0n) is 16.2. The molecule has 0 unspecified atom stereocenters. The van der Waals surface area contributed by atoms with E-state index in [1.165, 1.54) is 0 Å². The van der Waals surface area contributed by atoms with Crippen molar-refractivity contribution in [3.63, 3.8) is 0 Å². The van der Waals surface area contributed by atoms with E-state index in [2.05, 4.69) is 15.6 Å². The summed E-state index contributed by atoms with van der Waals surface area (Å²) in [5.74, 6) is 0.874. The number of pyridine rings is 1. The highest BCUT2D eigenvalue weighted by Gasteiger charge is 2.44. The normalized spacial score (nSPS) is 18.8. The first-order chi connectivity index (χ1) is 13.7. The van der Waals surface area contributed by atoms with E-state index in [9.17, 15) is 9.59 Å². The molecule has 1 aromatic heterocycles. The first-order valence-electron chi connectivity index (χ1n) is 9.50. The molecule has 2 atom stereocenters. The Hall–Kier alpha value is -3.09. The number of hydrogen-bond acceptors (Lipinski definition) is 5. The molecule has 2 N–H and O–H groups in total. The maximum atomic E-state index is 12.9. The fourth-order valence-electron chi connectivity index (χ4n) is 3.67. The zero-order valence-corrected chi connectivity index (χ0v) is 16.2. The van der Waals surface area contributed by atoms with Gasteiger partial charge in [-0.25, -0.2) is 4.98 Å². The molecule has 28 heavy (non-hydrogen) atoms. The Labute approximate surface area is 165 Å². The lowest BCUT2D eigenvalue weighted by molar-refractivity contribution is -0.129. The summed E-state index contributed by atoms with van der Waals surface area (Å²) in [6, 6.07) is 12.9. The molecule has 2 aromatic rings. The summed E-state index contributed by atoms with van der Waals surface area (Å²) in [6.45, 7) is 3.48. The quantitative estimate of drug-likeness (QED) is 0.684. The maximum absolute atomic E-state index is 12.9. The number of benzene rings is 1. The van der Waals surface area contributed by atoms with Crippen LogP contribution in [-0.2, 0) is 9.59 Å². The fraction of sp³-hybridized carbons (Fsp3) is 0.381. The molecule has 1 aliphatic rings. The molecule has 3 rings (SSSR count). The standard InChI is InChI=1S/C21H26N4O3/c1-3-25-19(26)14-16(20(25)15-8-4-5-9-17(15)28-2)21(27)24-13-12-23-18-10-6-7-11-22-18/h4-11,16,20H,3,12-14H2,1-2H3,(H,22,23)(H,24,27)/t16-,20+/m1/s1. The van der Waals surface area contributed by atoms with Crippen LogP contribution in [0.2, 0.25) is 0 Å². The number of nitrogens with zero attached hydrogens (tertiary/aromatic N) is 2. The van der Waals surface area contributed by atoms with Gasteiger partial charge in [0.2, 0.25) is 11.8 Å². The first kappa shape index (κ1) is 19.7. The summed E-state index contributed by atoms with van der Waals surface area (Å²) in [4.78, 5) is 31.3. The summed E-state index contributed by atoms with van der Waals surface area (Å²) >= 11 is 0. The van der Waals surface area contributed by atoms with Crippen LogP contribution in [0.3, 0.4) is 0 Å². The number of para-hydroxylation sites is 1. The van der Waals surface area contributed by atoms with Crippen LogP contribution < -0.4 is 15.4 Å². The van der Waals surface area contributed by atoms with Crippen molar-refractivity contribution in [3.8, 4) is 5.75 Å². The predicted octanol–water partition coefficient (Wildman–Crippen LogP) is 2.23. The van der Waals surface area contributed by atoms with Crippen molar-refractivity contribution < 1.29 is 14.3 Å². The number of amides is 2. The smallest absolute Gasteiger partial charge is 0.226 e. The molecular formula is C21H26N4O3. The largest absolute Gasteiger partial charge is 0.496 e. The number of rotatable bonds is 8. The van der Waals surface area contributed by atoms with Crippen molar-refractivity contribution in [3.05, 3.63) is 54.2 Å². The molecule has 0 saturated carbocycles. The minimum atomic E-state index is -0.446. The van der Waals surface area contributed by atoms with E-state index in [4.69, 9.17) is 4.74 Å². The Morgan fingerprint density at radius 1 is 1.21 bits per heavy atom. The number of methoxy groups -OCH3 is 1. The van der Waals surface area contributed by atoms with Crippen LogP contribution in [0.25, 0.3) is 0 Å². The number of anilines is 1. The van der Waals surface area contributed by atoms with Crippen LogP contribution in [0, 0.1) is 5.92 Å². The van der Waals surface area contributed by atoms with E-state index in [0.29, 0.717) is 25.4 Å². The third-order valence-corrected chi connectivity index (χ3v) is 4.96. The highest BCUT2D eigenvalue weighted by Crippen LogP contribution is 2.41. The molecular weight excluding hydrogens is 356 g/mol. The summed E-state index contributed by atoms with van der Waals surface area (Å²) in [5.41, 5.74) is 0.865. The number of aromatic nitrogens is 1.